The quantitative estimate of drug-likeness (QED) is 0.530. The Labute approximate surface area is 70.4 Å². The third kappa shape index (κ3) is 6.64. The minimum Gasteiger partial charge on any atom is -0.402 e. The molecular formula is C4H9BCl2O3. The van der Waals surface area contributed by atoms with Crippen LogP contribution in [0, 0.1) is 0 Å². The van der Waals surface area contributed by atoms with E-state index in [4.69, 9.17) is 28.2 Å². The summed E-state index contributed by atoms with van der Waals surface area (Å²) in [5, 5.41) is 8.78. The third-order valence-electron chi connectivity index (χ3n) is 0.608. The Bertz CT molecular complexity index is 80.6. The van der Waals surface area contributed by atoms with Gasteiger partial charge in [0.1, 0.15) is 11.1 Å². The van der Waals surface area contributed by atoms with Gasteiger partial charge in [0.25, 0.3) is 0 Å². The van der Waals surface area contributed by atoms with Gasteiger partial charge in [-0.3, -0.25) is 0 Å². The second-order valence-corrected chi connectivity index (χ2v) is 2.89. The van der Waals surface area contributed by atoms with E-state index in [1.165, 1.54) is 0 Å². The Kier molecular flexibility index (Phi) is 5.49. The average Bonchev–Trinajstić information content (AvgIpc) is 1.58. The van der Waals surface area contributed by atoms with Crippen LogP contribution in [0.15, 0.2) is 0 Å². The minimum atomic E-state index is -1.35. The highest BCUT2D eigenvalue weighted by atomic mass is 35.5. The SMILES string of the molecule is CC(Cl)OB(O)OC(C)Cl. The molecule has 0 heterocycles. The Morgan fingerprint density at radius 1 is 1.20 bits per heavy atom. The van der Waals surface area contributed by atoms with Crippen molar-refractivity contribution in [1.29, 1.82) is 0 Å². The molecule has 0 aromatic rings. The van der Waals surface area contributed by atoms with Gasteiger partial charge in [-0.25, -0.2) is 0 Å². The molecule has 6 heteroatoms. The van der Waals surface area contributed by atoms with Crippen molar-refractivity contribution in [3.63, 3.8) is 0 Å². The van der Waals surface area contributed by atoms with Crippen LogP contribution in [0.25, 0.3) is 0 Å². The molecule has 2 atom stereocenters. The molecule has 0 radical (unpaired) electrons. The predicted octanol–water partition coefficient (Wildman–Crippen LogP) is 1.17. The highest BCUT2D eigenvalue weighted by Gasteiger charge is 2.20. The van der Waals surface area contributed by atoms with Crippen LogP contribution < -0.4 is 0 Å². The molecular weight excluding hydrogens is 178 g/mol. The van der Waals surface area contributed by atoms with Gasteiger partial charge in [-0.15, -0.1) is 0 Å². The molecule has 0 aromatic carbocycles. The summed E-state index contributed by atoms with van der Waals surface area (Å²) in [5.41, 5.74) is -1.18. The van der Waals surface area contributed by atoms with Crippen LogP contribution in [-0.2, 0) is 9.31 Å². The molecule has 0 spiro atoms. The van der Waals surface area contributed by atoms with Gasteiger partial charge in [0.15, 0.2) is 0 Å². The van der Waals surface area contributed by atoms with Crippen molar-refractivity contribution in [2.24, 2.45) is 0 Å². The van der Waals surface area contributed by atoms with Gasteiger partial charge in [0.2, 0.25) is 0 Å². The summed E-state index contributed by atoms with van der Waals surface area (Å²) < 4.78 is 9.15. The van der Waals surface area contributed by atoms with Gasteiger partial charge < -0.3 is 14.3 Å². The molecule has 0 amide bonds. The van der Waals surface area contributed by atoms with Crippen LogP contribution in [0.1, 0.15) is 13.8 Å². The molecule has 0 aliphatic heterocycles. The van der Waals surface area contributed by atoms with Crippen LogP contribution in [0.5, 0.6) is 0 Å². The van der Waals surface area contributed by atoms with Gasteiger partial charge in [-0.05, 0) is 13.8 Å². The van der Waals surface area contributed by atoms with Crippen LogP contribution in [0.3, 0.4) is 0 Å². The summed E-state index contributed by atoms with van der Waals surface area (Å²) in [6.07, 6.45) is 0. The maximum absolute atomic E-state index is 8.78. The topological polar surface area (TPSA) is 38.7 Å². The zero-order valence-corrected chi connectivity index (χ0v) is 7.26. The fraction of sp³-hybridized carbons (Fsp3) is 1.00. The highest BCUT2D eigenvalue weighted by molar-refractivity contribution is 6.37. The summed E-state index contributed by atoms with van der Waals surface area (Å²) in [4.78, 5) is 0. The molecule has 0 saturated heterocycles. The summed E-state index contributed by atoms with van der Waals surface area (Å²) in [6.45, 7) is 3.13. The normalized spacial score (nSPS) is 16.5. The molecule has 10 heavy (non-hydrogen) atoms. The molecule has 0 aliphatic carbocycles. The van der Waals surface area contributed by atoms with Gasteiger partial charge in [-0.1, -0.05) is 23.2 Å². The summed E-state index contributed by atoms with van der Waals surface area (Å²) in [6, 6.07) is 0. The fourth-order valence-corrected chi connectivity index (χ4v) is 0.529. The number of hydrogen-bond donors (Lipinski definition) is 1. The zero-order chi connectivity index (χ0) is 8.15. The number of rotatable bonds is 4. The van der Waals surface area contributed by atoms with E-state index in [9.17, 15) is 0 Å². The predicted molar refractivity (Wildman–Crippen MR) is 40.8 cm³/mol. The molecule has 3 nitrogen and oxygen atoms in total. The average molecular weight is 187 g/mol. The Morgan fingerprint density at radius 2 is 1.50 bits per heavy atom. The number of alkyl halides is 2. The van der Waals surface area contributed by atoms with E-state index in [2.05, 4.69) is 9.31 Å². The first kappa shape index (κ1) is 10.5. The van der Waals surface area contributed by atoms with Crippen molar-refractivity contribution in [1.82, 2.24) is 0 Å². The summed E-state index contributed by atoms with van der Waals surface area (Å²) in [7, 11) is -1.35. The largest absolute Gasteiger partial charge is 0.638 e. The molecule has 0 bridgehead atoms. The lowest BCUT2D eigenvalue weighted by molar-refractivity contribution is 0.118. The molecule has 0 rings (SSSR count). The number of halogens is 2. The molecule has 2 unspecified atom stereocenters. The number of hydrogen-bond acceptors (Lipinski definition) is 3. The van der Waals surface area contributed by atoms with Gasteiger partial charge in [0, 0.05) is 0 Å². The van der Waals surface area contributed by atoms with Crippen molar-refractivity contribution in [2.75, 3.05) is 0 Å². The highest BCUT2D eigenvalue weighted by Crippen LogP contribution is 2.02. The Hall–Kier alpha value is 0.525. The molecule has 0 aliphatic rings. The monoisotopic (exact) mass is 186 g/mol. The van der Waals surface area contributed by atoms with E-state index >= 15 is 0 Å². The first-order valence-corrected chi connectivity index (χ1v) is 3.67. The lowest BCUT2D eigenvalue weighted by Gasteiger charge is -2.10. The maximum atomic E-state index is 8.78. The maximum Gasteiger partial charge on any atom is 0.638 e. The first-order chi connectivity index (χ1) is 4.52. The molecule has 0 saturated carbocycles. The molecule has 0 fully saturated rings. The van der Waals surface area contributed by atoms with Gasteiger partial charge >= 0.3 is 7.32 Å². The van der Waals surface area contributed by atoms with Crippen molar-refractivity contribution >= 4 is 30.5 Å². The Morgan fingerprint density at radius 3 is 1.70 bits per heavy atom. The van der Waals surface area contributed by atoms with E-state index < -0.39 is 18.4 Å². The van der Waals surface area contributed by atoms with Gasteiger partial charge in [0.05, 0.1) is 0 Å². The van der Waals surface area contributed by atoms with E-state index in [-0.39, 0.29) is 0 Å². The van der Waals surface area contributed by atoms with Crippen molar-refractivity contribution in [2.45, 2.75) is 25.0 Å². The lowest BCUT2D eigenvalue weighted by atomic mass is 10.2. The first-order valence-electron chi connectivity index (χ1n) is 2.79. The third-order valence-corrected chi connectivity index (χ3v) is 0.814. The summed E-state index contributed by atoms with van der Waals surface area (Å²) in [5.74, 6) is 0. The van der Waals surface area contributed by atoms with Crippen molar-refractivity contribution in [3.8, 4) is 0 Å². The smallest absolute Gasteiger partial charge is 0.402 e. The lowest BCUT2D eigenvalue weighted by Crippen LogP contribution is -2.27. The second kappa shape index (κ2) is 5.21. The molecule has 0 aromatic heterocycles. The molecule has 60 valence electrons. The Balaban J connectivity index is 3.34. The van der Waals surface area contributed by atoms with E-state index in [0.29, 0.717) is 0 Å². The molecule has 1 N–H and O–H groups in total. The van der Waals surface area contributed by atoms with Crippen LogP contribution >= 0.6 is 23.2 Å². The van der Waals surface area contributed by atoms with Crippen molar-refractivity contribution < 1.29 is 14.3 Å². The van der Waals surface area contributed by atoms with E-state index in [1.54, 1.807) is 13.8 Å². The van der Waals surface area contributed by atoms with E-state index in [1.807, 2.05) is 0 Å². The zero-order valence-electron chi connectivity index (χ0n) is 5.75. The standard InChI is InChI=1S/C4H9BCl2O3/c1-3(6)9-5(8)10-4(2)7/h3-4,8H,1-2H3. The van der Waals surface area contributed by atoms with Gasteiger partial charge in [-0.2, -0.15) is 0 Å². The van der Waals surface area contributed by atoms with Crippen molar-refractivity contribution in [3.05, 3.63) is 0 Å². The van der Waals surface area contributed by atoms with Crippen LogP contribution in [0.2, 0.25) is 0 Å². The second-order valence-electron chi connectivity index (χ2n) is 1.67. The summed E-state index contributed by atoms with van der Waals surface area (Å²) >= 11 is 10.7. The van der Waals surface area contributed by atoms with Crippen LogP contribution in [-0.4, -0.2) is 23.5 Å². The minimum absolute atomic E-state index is 0.592. The van der Waals surface area contributed by atoms with Crippen LogP contribution in [0.4, 0.5) is 0 Å². The van der Waals surface area contributed by atoms with E-state index in [0.717, 1.165) is 0 Å². The fourth-order valence-electron chi connectivity index (χ4n) is 0.353.